The molecule has 0 radical (unpaired) electrons. The highest BCUT2D eigenvalue weighted by Gasteiger charge is 2.24. The van der Waals surface area contributed by atoms with Gasteiger partial charge in [0.05, 0.1) is 0 Å². The van der Waals surface area contributed by atoms with E-state index in [4.69, 9.17) is 5.73 Å². The van der Waals surface area contributed by atoms with Gasteiger partial charge in [-0.05, 0) is 63.5 Å². The van der Waals surface area contributed by atoms with Crippen LogP contribution in [0, 0.1) is 13.8 Å². The minimum Gasteiger partial charge on any atom is -0.323 e. The zero-order chi connectivity index (χ0) is 15.4. The van der Waals surface area contributed by atoms with Crippen LogP contribution in [0.2, 0.25) is 0 Å². The van der Waals surface area contributed by atoms with Crippen molar-refractivity contribution in [2.24, 2.45) is 5.73 Å². The summed E-state index contributed by atoms with van der Waals surface area (Å²) in [7, 11) is 2.20. The molecule has 118 valence electrons. The molecule has 2 atom stereocenters. The molecule has 2 rings (SSSR count). The number of nitrogens with two attached hydrogens (primary N) is 1. The summed E-state index contributed by atoms with van der Waals surface area (Å²) in [4.78, 5) is 5.00. The first kappa shape index (κ1) is 16.5. The largest absolute Gasteiger partial charge is 0.323 e. The number of likely N-dealkylation sites (N-methyl/N-ethyl adjacent to an activating group) is 2. The highest BCUT2D eigenvalue weighted by atomic mass is 15.2. The Kier molecular flexibility index (Phi) is 5.80. The lowest BCUT2D eigenvalue weighted by Gasteiger charge is -2.29. The molecule has 0 aromatic heterocycles. The standard InChI is InChI=1S/C18H31N3/c1-5-21-10-6-7-17(21)12-20(4)13-18(19)16-9-8-14(2)15(3)11-16/h8-9,11,17-18H,5-7,10,12-13,19H2,1-4H3. The van der Waals surface area contributed by atoms with Crippen molar-refractivity contribution in [3.63, 3.8) is 0 Å². The van der Waals surface area contributed by atoms with Crippen molar-refractivity contribution >= 4 is 0 Å². The lowest BCUT2D eigenvalue weighted by molar-refractivity contribution is 0.193. The average molecular weight is 289 g/mol. The van der Waals surface area contributed by atoms with Crippen LogP contribution in [0.1, 0.15) is 42.5 Å². The number of nitrogens with zero attached hydrogens (tertiary/aromatic N) is 2. The zero-order valence-corrected chi connectivity index (χ0v) is 14.1. The molecule has 3 heteroatoms. The molecule has 1 fully saturated rings. The van der Waals surface area contributed by atoms with Crippen molar-refractivity contribution in [2.45, 2.75) is 45.7 Å². The van der Waals surface area contributed by atoms with Gasteiger partial charge in [-0.15, -0.1) is 0 Å². The fraction of sp³-hybridized carbons (Fsp3) is 0.667. The Labute approximate surface area is 130 Å². The molecule has 1 heterocycles. The first-order valence-corrected chi connectivity index (χ1v) is 8.26. The van der Waals surface area contributed by atoms with Crippen LogP contribution in [-0.2, 0) is 0 Å². The number of benzene rings is 1. The summed E-state index contributed by atoms with van der Waals surface area (Å²) in [5, 5.41) is 0. The minimum atomic E-state index is 0.103. The molecule has 0 aliphatic carbocycles. The second kappa shape index (κ2) is 7.39. The predicted octanol–water partition coefficient (Wildman–Crippen LogP) is 2.72. The van der Waals surface area contributed by atoms with E-state index in [1.807, 2.05) is 0 Å². The fourth-order valence-corrected chi connectivity index (χ4v) is 3.39. The molecule has 0 spiro atoms. The number of hydrogen-bond donors (Lipinski definition) is 1. The molecular weight excluding hydrogens is 258 g/mol. The van der Waals surface area contributed by atoms with Gasteiger partial charge < -0.3 is 10.6 Å². The third-order valence-electron chi connectivity index (χ3n) is 4.90. The molecule has 0 amide bonds. The van der Waals surface area contributed by atoms with Crippen LogP contribution in [0.15, 0.2) is 18.2 Å². The summed E-state index contributed by atoms with van der Waals surface area (Å²) >= 11 is 0. The van der Waals surface area contributed by atoms with Crippen molar-refractivity contribution in [1.82, 2.24) is 9.80 Å². The van der Waals surface area contributed by atoms with Crippen molar-refractivity contribution in [3.05, 3.63) is 34.9 Å². The second-order valence-electron chi connectivity index (χ2n) is 6.60. The van der Waals surface area contributed by atoms with Crippen LogP contribution in [0.3, 0.4) is 0 Å². The highest BCUT2D eigenvalue weighted by Crippen LogP contribution is 2.19. The Morgan fingerprint density at radius 1 is 1.33 bits per heavy atom. The lowest BCUT2D eigenvalue weighted by Crippen LogP contribution is -2.41. The normalized spacial score (nSPS) is 21.1. The molecule has 1 saturated heterocycles. The van der Waals surface area contributed by atoms with E-state index in [-0.39, 0.29) is 6.04 Å². The van der Waals surface area contributed by atoms with Gasteiger partial charge in [-0.2, -0.15) is 0 Å². The smallest absolute Gasteiger partial charge is 0.0424 e. The number of likely N-dealkylation sites (tertiary alicyclic amines) is 1. The van der Waals surface area contributed by atoms with Crippen LogP contribution in [0.4, 0.5) is 0 Å². The lowest BCUT2D eigenvalue weighted by atomic mass is 10.0. The minimum absolute atomic E-state index is 0.103. The van der Waals surface area contributed by atoms with E-state index in [1.165, 1.54) is 42.6 Å². The van der Waals surface area contributed by atoms with Crippen molar-refractivity contribution in [2.75, 3.05) is 33.2 Å². The van der Waals surface area contributed by atoms with Gasteiger partial charge in [0.1, 0.15) is 0 Å². The van der Waals surface area contributed by atoms with Gasteiger partial charge in [-0.25, -0.2) is 0 Å². The monoisotopic (exact) mass is 289 g/mol. The Bertz CT molecular complexity index is 458. The third kappa shape index (κ3) is 4.29. The zero-order valence-electron chi connectivity index (χ0n) is 14.1. The third-order valence-corrected chi connectivity index (χ3v) is 4.90. The Balaban J connectivity index is 1.89. The van der Waals surface area contributed by atoms with Gasteiger partial charge >= 0.3 is 0 Å². The van der Waals surface area contributed by atoms with Gasteiger partial charge in [0.2, 0.25) is 0 Å². The fourth-order valence-electron chi connectivity index (χ4n) is 3.39. The van der Waals surface area contributed by atoms with E-state index in [0.717, 1.165) is 13.1 Å². The van der Waals surface area contributed by atoms with E-state index >= 15 is 0 Å². The maximum Gasteiger partial charge on any atom is 0.0424 e. The van der Waals surface area contributed by atoms with Gasteiger partial charge in [-0.1, -0.05) is 25.1 Å². The Morgan fingerprint density at radius 2 is 2.10 bits per heavy atom. The van der Waals surface area contributed by atoms with E-state index in [1.54, 1.807) is 0 Å². The maximum atomic E-state index is 6.40. The summed E-state index contributed by atoms with van der Waals surface area (Å²) in [5.74, 6) is 0. The Morgan fingerprint density at radius 3 is 2.76 bits per heavy atom. The second-order valence-corrected chi connectivity index (χ2v) is 6.60. The summed E-state index contributed by atoms with van der Waals surface area (Å²) in [6.45, 7) is 11.1. The summed E-state index contributed by atoms with van der Waals surface area (Å²) in [5.41, 5.74) is 10.3. The van der Waals surface area contributed by atoms with Gasteiger partial charge in [0, 0.05) is 25.2 Å². The quantitative estimate of drug-likeness (QED) is 0.874. The molecule has 1 aliphatic rings. The first-order chi connectivity index (χ1) is 10.0. The molecular formula is C18H31N3. The summed E-state index contributed by atoms with van der Waals surface area (Å²) in [6, 6.07) is 7.41. The maximum absolute atomic E-state index is 6.40. The topological polar surface area (TPSA) is 32.5 Å². The molecule has 3 nitrogen and oxygen atoms in total. The van der Waals surface area contributed by atoms with Crippen molar-refractivity contribution in [3.8, 4) is 0 Å². The molecule has 21 heavy (non-hydrogen) atoms. The molecule has 2 N–H and O–H groups in total. The molecule has 0 bridgehead atoms. The number of rotatable bonds is 6. The van der Waals surface area contributed by atoms with Gasteiger partial charge in [0.25, 0.3) is 0 Å². The van der Waals surface area contributed by atoms with Crippen LogP contribution >= 0.6 is 0 Å². The van der Waals surface area contributed by atoms with E-state index in [2.05, 4.69) is 55.8 Å². The molecule has 1 aromatic carbocycles. The van der Waals surface area contributed by atoms with Crippen molar-refractivity contribution in [1.29, 1.82) is 0 Å². The van der Waals surface area contributed by atoms with E-state index < -0.39 is 0 Å². The average Bonchev–Trinajstić information content (AvgIpc) is 2.88. The SMILES string of the molecule is CCN1CCCC1CN(C)CC(N)c1ccc(C)c(C)c1. The van der Waals surface area contributed by atoms with Crippen molar-refractivity contribution < 1.29 is 0 Å². The van der Waals surface area contributed by atoms with Crippen LogP contribution < -0.4 is 5.73 Å². The van der Waals surface area contributed by atoms with Gasteiger partial charge in [0.15, 0.2) is 0 Å². The predicted molar refractivity (Wildman–Crippen MR) is 90.6 cm³/mol. The van der Waals surface area contributed by atoms with Gasteiger partial charge in [-0.3, -0.25) is 4.90 Å². The summed E-state index contributed by atoms with van der Waals surface area (Å²) in [6.07, 6.45) is 2.67. The molecule has 2 unspecified atom stereocenters. The first-order valence-electron chi connectivity index (χ1n) is 8.26. The summed E-state index contributed by atoms with van der Waals surface area (Å²) < 4.78 is 0. The Hall–Kier alpha value is -0.900. The van der Waals surface area contributed by atoms with Crippen LogP contribution in [-0.4, -0.2) is 49.1 Å². The van der Waals surface area contributed by atoms with Crippen LogP contribution in [0.25, 0.3) is 0 Å². The van der Waals surface area contributed by atoms with E-state index in [9.17, 15) is 0 Å². The molecule has 0 saturated carbocycles. The molecule has 1 aliphatic heterocycles. The highest BCUT2D eigenvalue weighted by molar-refractivity contribution is 5.31. The van der Waals surface area contributed by atoms with Crippen LogP contribution in [0.5, 0.6) is 0 Å². The van der Waals surface area contributed by atoms with E-state index in [0.29, 0.717) is 6.04 Å². The number of hydrogen-bond acceptors (Lipinski definition) is 3. The molecule has 1 aromatic rings. The number of aryl methyl sites for hydroxylation is 2.